The zero-order valence-corrected chi connectivity index (χ0v) is 17.8. The molecule has 0 aliphatic rings. The highest BCUT2D eigenvalue weighted by molar-refractivity contribution is 7.94. The minimum absolute atomic E-state index is 0.0798. The Kier molecular flexibility index (Phi) is 6.94. The lowest BCUT2D eigenvalue weighted by atomic mass is 10.1. The molecule has 0 unspecified atom stereocenters. The number of azo groups is 1. The normalized spacial score (nSPS) is 11.9. The molecule has 0 aliphatic carbocycles. The number of phenols is 1. The lowest BCUT2D eigenvalue weighted by Crippen LogP contribution is -1.99. The quantitative estimate of drug-likeness (QED) is 0.120. The number of anilines is 1. The Morgan fingerprint density at radius 1 is 1.10 bits per heavy atom. The molecule has 3 rings (SSSR count). The van der Waals surface area contributed by atoms with Crippen LogP contribution in [0.2, 0.25) is 0 Å². The zero-order chi connectivity index (χ0) is 22.6. The first-order valence-electron chi connectivity index (χ1n) is 8.48. The van der Waals surface area contributed by atoms with Crippen LogP contribution >= 0.6 is 12.0 Å². The van der Waals surface area contributed by atoms with E-state index in [-0.39, 0.29) is 27.8 Å². The summed E-state index contributed by atoms with van der Waals surface area (Å²) in [7, 11) is -1.56. The van der Waals surface area contributed by atoms with E-state index >= 15 is 0 Å². The van der Waals surface area contributed by atoms with Crippen molar-refractivity contribution in [2.45, 2.75) is 9.79 Å². The molecule has 0 bridgehead atoms. The third-order valence-corrected chi connectivity index (χ3v) is 5.70. The van der Waals surface area contributed by atoms with E-state index in [0.717, 1.165) is 11.8 Å². The van der Waals surface area contributed by atoms with E-state index in [9.17, 15) is 18.1 Å². The Morgan fingerprint density at radius 3 is 2.52 bits per heavy atom. The molecular weight excluding hydrogens is 450 g/mol. The Balaban J connectivity index is 2.16. The third-order valence-electron chi connectivity index (χ3n) is 4.20. The molecular formula is C18H17N3O8S2. The number of hydrogen-bond acceptors (Lipinski definition) is 11. The topological polar surface area (TPSA) is 159 Å². The van der Waals surface area contributed by atoms with Crippen molar-refractivity contribution in [2.24, 2.45) is 10.2 Å². The molecule has 0 spiro atoms. The second-order valence-electron chi connectivity index (χ2n) is 5.99. The summed E-state index contributed by atoms with van der Waals surface area (Å²) < 4.78 is 42.4. The molecule has 0 fully saturated rings. The van der Waals surface area contributed by atoms with E-state index < -0.39 is 15.0 Å². The van der Waals surface area contributed by atoms with E-state index in [1.807, 2.05) is 0 Å². The van der Waals surface area contributed by atoms with Gasteiger partial charge in [0.2, 0.25) is 0 Å². The van der Waals surface area contributed by atoms with Gasteiger partial charge in [-0.1, -0.05) is 5.04 Å². The molecule has 0 saturated heterocycles. The van der Waals surface area contributed by atoms with Gasteiger partial charge in [-0.15, -0.1) is 14.6 Å². The van der Waals surface area contributed by atoms with Crippen molar-refractivity contribution in [3.63, 3.8) is 0 Å². The van der Waals surface area contributed by atoms with Gasteiger partial charge in [0.25, 0.3) is 10.1 Å². The van der Waals surface area contributed by atoms with Crippen LogP contribution in [0.5, 0.6) is 11.5 Å². The van der Waals surface area contributed by atoms with Crippen molar-refractivity contribution < 1.29 is 37.4 Å². The molecule has 31 heavy (non-hydrogen) atoms. The second kappa shape index (κ2) is 9.47. The van der Waals surface area contributed by atoms with Crippen LogP contribution in [-0.4, -0.2) is 37.5 Å². The molecule has 0 saturated carbocycles. The standard InChI is InChI=1S/C18H17N3O8S2/c1-19-11-3-5-13-10(7-11)8-15(30-29-28-23)17(18(13)22)21-20-14-6-4-12(27-2)9-16(14)31(24,25)26/h3-9,19,22-23H,1-2H3,(H,24,25,26). The fourth-order valence-electron chi connectivity index (χ4n) is 2.73. The number of hydrogen-bond donors (Lipinski definition) is 4. The molecule has 13 heteroatoms. The van der Waals surface area contributed by atoms with E-state index in [2.05, 4.69) is 24.9 Å². The SMILES string of the molecule is CNc1ccc2c(O)c(N=Nc3ccc(OC)cc3S(=O)(=O)O)c(SOOO)cc2c1. The van der Waals surface area contributed by atoms with Crippen LogP contribution in [0, 0.1) is 0 Å². The summed E-state index contributed by atoms with van der Waals surface area (Å²) in [5.74, 6) is -0.0833. The lowest BCUT2D eigenvalue weighted by molar-refractivity contribution is -0.432. The first kappa shape index (κ1) is 22.7. The fraction of sp³-hybridized carbons (Fsp3) is 0.111. The Bertz CT molecular complexity index is 1250. The average molecular weight is 467 g/mol. The number of benzene rings is 3. The predicted octanol–water partition coefficient (Wildman–Crippen LogP) is 4.69. The molecule has 0 amide bonds. The van der Waals surface area contributed by atoms with Crippen LogP contribution in [-0.2, 0) is 19.5 Å². The van der Waals surface area contributed by atoms with Gasteiger partial charge in [-0.2, -0.15) is 8.42 Å². The van der Waals surface area contributed by atoms with Crippen LogP contribution in [0.4, 0.5) is 17.1 Å². The average Bonchev–Trinajstić information content (AvgIpc) is 2.76. The molecule has 0 aliphatic heterocycles. The number of phenolic OH excluding ortho intramolecular Hbond substituents is 1. The van der Waals surface area contributed by atoms with Crippen molar-refractivity contribution >= 4 is 50.0 Å². The number of rotatable bonds is 8. The van der Waals surface area contributed by atoms with Crippen molar-refractivity contribution in [3.8, 4) is 11.5 Å². The van der Waals surface area contributed by atoms with Gasteiger partial charge in [-0.3, -0.25) is 4.55 Å². The predicted molar refractivity (Wildman–Crippen MR) is 113 cm³/mol. The van der Waals surface area contributed by atoms with Crippen molar-refractivity contribution in [1.29, 1.82) is 0 Å². The summed E-state index contributed by atoms with van der Waals surface area (Å²) in [6, 6.07) is 10.6. The van der Waals surface area contributed by atoms with Crippen molar-refractivity contribution in [1.82, 2.24) is 0 Å². The van der Waals surface area contributed by atoms with Gasteiger partial charge in [0, 0.05) is 24.2 Å². The van der Waals surface area contributed by atoms with E-state index in [1.165, 1.54) is 19.2 Å². The molecule has 11 nitrogen and oxygen atoms in total. The van der Waals surface area contributed by atoms with Crippen LogP contribution in [0.1, 0.15) is 0 Å². The molecule has 0 radical (unpaired) electrons. The summed E-state index contributed by atoms with van der Waals surface area (Å²) in [6.07, 6.45) is 0. The van der Waals surface area contributed by atoms with Crippen molar-refractivity contribution in [2.75, 3.05) is 19.5 Å². The zero-order valence-electron chi connectivity index (χ0n) is 16.1. The van der Waals surface area contributed by atoms with E-state index in [0.29, 0.717) is 22.8 Å². The third kappa shape index (κ3) is 5.04. The van der Waals surface area contributed by atoms with Crippen LogP contribution in [0.3, 0.4) is 0 Å². The van der Waals surface area contributed by atoms with Gasteiger partial charge in [0.05, 0.1) is 24.0 Å². The molecule has 3 aromatic rings. The van der Waals surface area contributed by atoms with Gasteiger partial charge in [0.15, 0.2) is 5.75 Å². The summed E-state index contributed by atoms with van der Waals surface area (Å²) in [5, 5.41) is 34.7. The first-order valence-corrected chi connectivity index (χ1v) is 10.7. The Labute approximate surface area is 181 Å². The lowest BCUT2D eigenvalue weighted by Gasteiger charge is -2.10. The number of ether oxygens (including phenoxy) is 1. The number of aromatic hydroxyl groups is 1. The summed E-state index contributed by atoms with van der Waals surface area (Å²) >= 11 is 0.546. The second-order valence-corrected chi connectivity index (χ2v) is 8.12. The van der Waals surface area contributed by atoms with Gasteiger partial charge in [-0.25, -0.2) is 5.26 Å². The summed E-state index contributed by atoms with van der Waals surface area (Å²) in [5.41, 5.74) is 0.514. The highest BCUT2D eigenvalue weighted by atomic mass is 32.2. The van der Waals surface area contributed by atoms with Crippen LogP contribution in [0.15, 0.2) is 62.5 Å². The Morgan fingerprint density at radius 2 is 1.87 bits per heavy atom. The van der Waals surface area contributed by atoms with Gasteiger partial charge < -0.3 is 15.2 Å². The first-order chi connectivity index (χ1) is 14.8. The molecule has 0 heterocycles. The number of methoxy groups -OCH3 is 1. The number of fused-ring (bicyclic) bond motifs is 1. The minimum atomic E-state index is -4.63. The maximum absolute atomic E-state index is 11.7. The highest BCUT2D eigenvalue weighted by Crippen LogP contribution is 2.44. The molecule has 0 atom stereocenters. The van der Waals surface area contributed by atoms with Gasteiger partial charge in [0.1, 0.15) is 22.0 Å². The maximum atomic E-state index is 11.7. The monoisotopic (exact) mass is 467 g/mol. The maximum Gasteiger partial charge on any atom is 0.296 e. The molecule has 164 valence electrons. The van der Waals surface area contributed by atoms with Crippen LogP contribution < -0.4 is 10.1 Å². The van der Waals surface area contributed by atoms with E-state index in [1.54, 1.807) is 31.3 Å². The Hall–Kier alpha value is -2.94. The summed E-state index contributed by atoms with van der Waals surface area (Å²) in [4.78, 5) is -0.323. The molecule has 0 aromatic heterocycles. The number of nitrogens with one attached hydrogen (secondary N) is 1. The van der Waals surface area contributed by atoms with Gasteiger partial charge >= 0.3 is 0 Å². The molecule has 4 N–H and O–H groups in total. The minimum Gasteiger partial charge on any atom is -0.505 e. The largest absolute Gasteiger partial charge is 0.505 e. The molecule has 3 aromatic carbocycles. The number of nitrogens with zero attached hydrogens (tertiary/aromatic N) is 2. The van der Waals surface area contributed by atoms with Crippen LogP contribution in [0.25, 0.3) is 10.8 Å². The fourth-order valence-corrected chi connectivity index (χ4v) is 3.87. The highest BCUT2D eigenvalue weighted by Gasteiger charge is 2.19. The van der Waals surface area contributed by atoms with Gasteiger partial charge in [-0.05, 0) is 41.8 Å². The smallest absolute Gasteiger partial charge is 0.296 e. The summed E-state index contributed by atoms with van der Waals surface area (Å²) in [6.45, 7) is 0. The van der Waals surface area contributed by atoms with Crippen molar-refractivity contribution in [3.05, 3.63) is 42.5 Å². The van der Waals surface area contributed by atoms with E-state index in [4.69, 9.17) is 9.99 Å².